The number of amides is 1. The number of aliphatic hydroxyl groups excluding tert-OH is 1. The van der Waals surface area contributed by atoms with E-state index in [1.807, 2.05) is 6.07 Å². The average molecular weight is 317 g/mol. The Hall–Kier alpha value is -0.810. The van der Waals surface area contributed by atoms with Crippen molar-refractivity contribution in [3.05, 3.63) is 33.8 Å². The zero-order valence-electron chi connectivity index (χ0n) is 11.0. The van der Waals surface area contributed by atoms with Gasteiger partial charge < -0.3 is 16.2 Å². The summed E-state index contributed by atoms with van der Waals surface area (Å²) in [5, 5.41) is 13.4. The summed E-state index contributed by atoms with van der Waals surface area (Å²) in [5.41, 5.74) is 6.57. The van der Waals surface area contributed by atoms with Crippen LogP contribution in [0.5, 0.6) is 0 Å². The Morgan fingerprint density at radius 3 is 2.85 bits per heavy atom. The molecule has 4 nitrogen and oxygen atoms in total. The zero-order valence-corrected chi connectivity index (χ0v) is 12.5. The number of nitrogens with two attached hydrogens (primary N) is 1. The maximum atomic E-state index is 12.1. The number of aliphatic hydroxyl groups is 1. The van der Waals surface area contributed by atoms with Gasteiger partial charge in [-0.05, 0) is 30.9 Å². The molecule has 1 aromatic rings. The number of hydrogen-bond acceptors (Lipinski definition) is 3. The van der Waals surface area contributed by atoms with E-state index in [4.69, 9.17) is 28.9 Å². The highest BCUT2D eigenvalue weighted by Gasteiger charge is 2.30. The van der Waals surface area contributed by atoms with Gasteiger partial charge in [-0.2, -0.15) is 0 Å². The molecule has 0 aliphatic heterocycles. The number of rotatable bonds is 3. The Bertz CT molecular complexity index is 496. The fraction of sp³-hybridized carbons (Fsp3) is 0.500. The van der Waals surface area contributed by atoms with Gasteiger partial charge in [0, 0.05) is 18.5 Å². The van der Waals surface area contributed by atoms with Crippen molar-refractivity contribution >= 4 is 29.1 Å². The van der Waals surface area contributed by atoms with Crippen LogP contribution in [-0.2, 0) is 11.3 Å². The van der Waals surface area contributed by atoms with Gasteiger partial charge >= 0.3 is 0 Å². The van der Waals surface area contributed by atoms with E-state index in [9.17, 15) is 9.90 Å². The molecule has 1 saturated carbocycles. The first kappa shape index (κ1) is 15.6. The van der Waals surface area contributed by atoms with Gasteiger partial charge in [-0.15, -0.1) is 0 Å². The molecule has 0 saturated heterocycles. The highest BCUT2D eigenvalue weighted by Crippen LogP contribution is 2.26. The average Bonchev–Trinajstić information content (AvgIpc) is 2.43. The van der Waals surface area contributed by atoms with E-state index < -0.39 is 6.10 Å². The summed E-state index contributed by atoms with van der Waals surface area (Å²) in [6.45, 7) is 0.340. The molecule has 0 heterocycles. The second kappa shape index (κ2) is 6.76. The first-order valence-electron chi connectivity index (χ1n) is 6.63. The minimum Gasteiger partial charge on any atom is -0.392 e. The third-order valence-corrected chi connectivity index (χ3v) is 4.58. The summed E-state index contributed by atoms with van der Waals surface area (Å²) in [6.07, 6.45) is 1.23. The molecule has 4 N–H and O–H groups in total. The summed E-state index contributed by atoms with van der Waals surface area (Å²) >= 11 is 12.0. The number of halogens is 2. The third-order valence-electron chi connectivity index (χ3n) is 3.72. The third kappa shape index (κ3) is 3.64. The number of hydrogen-bond donors (Lipinski definition) is 3. The van der Waals surface area contributed by atoms with Crippen molar-refractivity contribution < 1.29 is 9.90 Å². The molecule has 0 aromatic heterocycles. The SMILES string of the molecule is N[C@@H]1C[C@@H](C(=O)NCc2cccc(Cl)c2Cl)CC[C@H]1O. The standard InChI is InChI=1S/C14H18Cl2N2O2/c15-10-3-1-2-9(13(10)16)7-18-14(20)8-4-5-12(19)11(17)6-8/h1-3,8,11-12,19H,4-7,17H2,(H,18,20)/t8-,11+,12+/m0/s1. The van der Waals surface area contributed by atoms with Gasteiger partial charge in [-0.1, -0.05) is 35.3 Å². The molecule has 6 heteroatoms. The maximum Gasteiger partial charge on any atom is 0.223 e. The van der Waals surface area contributed by atoms with Crippen LogP contribution in [-0.4, -0.2) is 23.2 Å². The lowest BCUT2D eigenvalue weighted by atomic mass is 9.83. The number of benzene rings is 1. The Morgan fingerprint density at radius 2 is 2.15 bits per heavy atom. The quantitative estimate of drug-likeness (QED) is 0.799. The molecule has 1 fully saturated rings. The molecular weight excluding hydrogens is 299 g/mol. The topological polar surface area (TPSA) is 75.4 Å². The molecule has 1 aliphatic rings. The highest BCUT2D eigenvalue weighted by molar-refractivity contribution is 6.42. The van der Waals surface area contributed by atoms with Gasteiger partial charge in [-0.3, -0.25) is 4.79 Å². The fourth-order valence-electron chi connectivity index (χ4n) is 2.44. The smallest absolute Gasteiger partial charge is 0.223 e. The predicted molar refractivity (Wildman–Crippen MR) is 79.6 cm³/mol. The summed E-state index contributed by atoms with van der Waals surface area (Å²) < 4.78 is 0. The Morgan fingerprint density at radius 1 is 1.40 bits per heavy atom. The first-order valence-corrected chi connectivity index (χ1v) is 7.39. The number of carbonyl (C=O) groups excluding carboxylic acids is 1. The molecule has 3 atom stereocenters. The van der Waals surface area contributed by atoms with Crippen molar-refractivity contribution in [2.75, 3.05) is 0 Å². The van der Waals surface area contributed by atoms with Crippen molar-refractivity contribution in [2.45, 2.75) is 38.0 Å². The van der Waals surface area contributed by atoms with E-state index in [-0.39, 0.29) is 17.9 Å². The van der Waals surface area contributed by atoms with Crippen LogP contribution in [0.3, 0.4) is 0 Å². The van der Waals surface area contributed by atoms with Crippen molar-refractivity contribution in [3.63, 3.8) is 0 Å². The summed E-state index contributed by atoms with van der Waals surface area (Å²) in [5.74, 6) is -0.199. The minimum atomic E-state index is -0.499. The summed E-state index contributed by atoms with van der Waals surface area (Å²) in [6, 6.07) is 5.00. The van der Waals surface area contributed by atoms with Crippen LogP contribution in [0.25, 0.3) is 0 Å². The molecule has 20 heavy (non-hydrogen) atoms. The number of carbonyl (C=O) groups is 1. The minimum absolute atomic E-state index is 0.0524. The van der Waals surface area contributed by atoms with Crippen LogP contribution in [0.4, 0.5) is 0 Å². The Kier molecular flexibility index (Phi) is 5.27. The van der Waals surface area contributed by atoms with E-state index in [2.05, 4.69) is 5.32 Å². The van der Waals surface area contributed by atoms with Gasteiger partial charge in [-0.25, -0.2) is 0 Å². The Labute approximate surface area is 128 Å². The summed E-state index contributed by atoms with van der Waals surface area (Å²) in [7, 11) is 0. The first-order chi connectivity index (χ1) is 9.49. The number of nitrogens with one attached hydrogen (secondary N) is 1. The molecule has 0 bridgehead atoms. The molecular formula is C14H18Cl2N2O2. The van der Waals surface area contributed by atoms with Gasteiger partial charge in [0.25, 0.3) is 0 Å². The summed E-state index contributed by atoms with van der Waals surface area (Å²) in [4.78, 5) is 12.1. The molecule has 2 rings (SSSR count). The van der Waals surface area contributed by atoms with Crippen molar-refractivity contribution in [3.8, 4) is 0 Å². The van der Waals surface area contributed by atoms with Crippen molar-refractivity contribution in [1.29, 1.82) is 0 Å². The second-order valence-corrected chi connectivity index (χ2v) is 5.96. The normalized spacial score (nSPS) is 26.3. The van der Waals surface area contributed by atoms with Gasteiger partial charge in [0.05, 0.1) is 16.1 Å². The highest BCUT2D eigenvalue weighted by atomic mass is 35.5. The molecule has 1 aromatic carbocycles. The van der Waals surface area contributed by atoms with Crippen LogP contribution in [0, 0.1) is 5.92 Å². The van der Waals surface area contributed by atoms with Gasteiger partial charge in [0.1, 0.15) is 0 Å². The van der Waals surface area contributed by atoms with Crippen LogP contribution >= 0.6 is 23.2 Å². The van der Waals surface area contributed by atoms with Crippen LogP contribution in [0.1, 0.15) is 24.8 Å². The molecule has 0 spiro atoms. The predicted octanol–water partition coefficient (Wildman–Crippen LogP) is 2.10. The van der Waals surface area contributed by atoms with E-state index in [1.54, 1.807) is 12.1 Å². The largest absolute Gasteiger partial charge is 0.392 e. The molecule has 1 aliphatic carbocycles. The van der Waals surface area contributed by atoms with E-state index >= 15 is 0 Å². The fourth-order valence-corrected chi connectivity index (χ4v) is 2.83. The van der Waals surface area contributed by atoms with E-state index in [0.717, 1.165) is 5.56 Å². The molecule has 1 amide bonds. The lowest BCUT2D eigenvalue weighted by Crippen LogP contribution is -2.44. The van der Waals surface area contributed by atoms with Crippen LogP contribution in [0.15, 0.2) is 18.2 Å². The van der Waals surface area contributed by atoms with Crippen LogP contribution < -0.4 is 11.1 Å². The molecule has 0 unspecified atom stereocenters. The van der Waals surface area contributed by atoms with E-state index in [1.165, 1.54) is 0 Å². The monoisotopic (exact) mass is 316 g/mol. The zero-order chi connectivity index (χ0) is 14.7. The molecule has 110 valence electrons. The van der Waals surface area contributed by atoms with Crippen LogP contribution in [0.2, 0.25) is 10.0 Å². The maximum absolute atomic E-state index is 12.1. The van der Waals surface area contributed by atoms with Crippen molar-refractivity contribution in [2.24, 2.45) is 11.7 Å². The lowest BCUT2D eigenvalue weighted by Gasteiger charge is -2.30. The molecule has 0 radical (unpaired) electrons. The van der Waals surface area contributed by atoms with Gasteiger partial charge in [0.2, 0.25) is 5.91 Å². The lowest BCUT2D eigenvalue weighted by molar-refractivity contribution is -0.127. The van der Waals surface area contributed by atoms with Crippen molar-refractivity contribution in [1.82, 2.24) is 5.32 Å². The van der Waals surface area contributed by atoms with E-state index in [0.29, 0.717) is 35.9 Å². The van der Waals surface area contributed by atoms with Gasteiger partial charge in [0.15, 0.2) is 0 Å². The second-order valence-electron chi connectivity index (χ2n) is 5.17. The Balaban J connectivity index is 1.91.